The molecule has 1 heterocycles. The molecule has 0 aliphatic heterocycles. The van der Waals surface area contributed by atoms with Crippen LogP contribution in [0, 0.1) is 0 Å². The number of hydrogen-bond donors (Lipinski definition) is 1. The van der Waals surface area contributed by atoms with Crippen molar-refractivity contribution >= 4 is 17.2 Å². The lowest BCUT2D eigenvalue weighted by molar-refractivity contribution is 0.0943. The molecule has 0 radical (unpaired) electrons. The number of carbonyl (C=O) groups excluding carboxylic acids is 1. The number of nitrogens with one attached hydrogen (secondary N) is 1. The van der Waals surface area contributed by atoms with Crippen molar-refractivity contribution in [2.45, 2.75) is 44.8 Å². The molecule has 6 heteroatoms. The third kappa shape index (κ3) is 4.76. The first kappa shape index (κ1) is 16.4. The Morgan fingerprint density at radius 2 is 2.24 bits per heavy atom. The second-order valence-electron chi connectivity index (χ2n) is 5.59. The summed E-state index contributed by atoms with van der Waals surface area (Å²) in [6.45, 7) is 1.96. The molecule has 1 aromatic heterocycles. The summed E-state index contributed by atoms with van der Waals surface area (Å²) in [6, 6.07) is 0.683. The molecule has 1 aliphatic carbocycles. The SMILES string of the molecule is COCc1ncsc1C(=O)NCCN(C)C1CCCCC1. The molecule has 118 valence electrons. The fourth-order valence-electron chi connectivity index (χ4n) is 2.82. The lowest BCUT2D eigenvalue weighted by atomic mass is 9.94. The average molecular weight is 311 g/mol. The predicted octanol–water partition coefficient (Wildman–Crippen LogP) is 2.28. The molecule has 1 N–H and O–H groups in total. The average Bonchev–Trinajstić information content (AvgIpc) is 2.96. The van der Waals surface area contributed by atoms with Gasteiger partial charge in [-0.1, -0.05) is 19.3 Å². The van der Waals surface area contributed by atoms with Crippen molar-refractivity contribution in [3.8, 4) is 0 Å². The highest BCUT2D eigenvalue weighted by Crippen LogP contribution is 2.21. The highest BCUT2D eigenvalue weighted by Gasteiger charge is 2.18. The van der Waals surface area contributed by atoms with Gasteiger partial charge in [0.25, 0.3) is 5.91 Å². The summed E-state index contributed by atoms with van der Waals surface area (Å²) in [6.07, 6.45) is 6.62. The Kier molecular flexibility index (Phi) is 6.60. The van der Waals surface area contributed by atoms with Gasteiger partial charge < -0.3 is 15.0 Å². The second kappa shape index (κ2) is 8.46. The van der Waals surface area contributed by atoms with Crippen LogP contribution in [0.25, 0.3) is 0 Å². The number of nitrogens with zero attached hydrogens (tertiary/aromatic N) is 2. The van der Waals surface area contributed by atoms with E-state index in [0.29, 0.717) is 24.1 Å². The summed E-state index contributed by atoms with van der Waals surface area (Å²) in [5.41, 5.74) is 2.41. The van der Waals surface area contributed by atoms with Crippen LogP contribution in [0.2, 0.25) is 0 Å². The predicted molar refractivity (Wildman–Crippen MR) is 84.7 cm³/mol. The molecular formula is C15H25N3O2S. The summed E-state index contributed by atoms with van der Waals surface area (Å²) in [5.74, 6) is -0.0402. The van der Waals surface area contributed by atoms with E-state index in [4.69, 9.17) is 4.74 Å². The van der Waals surface area contributed by atoms with Crippen LogP contribution in [-0.4, -0.2) is 49.1 Å². The fourth-order valence-corrected chi connectivity index (χ4v) is 3.54. The van der Waals surface area contributed by atoms with Crippen LogP contribution in [0.5, 0.6) is 0 Å². The summed E-state index contributed by atoms with van der Waals surface area (Å²) in [5, 5.41) is 2.99. The maximum Gasteiger partial charge on any atom is 0.263 e. The maximum atomic E-state index is 12.1. The zero-order valence-electron chi connectivity index (χ0n) is 12.9. The van der Waals surface area contributed by atoms with Crippen molar-refractivity contribution in [1.82, 2.24) is 15.2 Å². The quantitative estimate of drug-likeness (QED) is 0.839. The van der Waals surface area contributed by atoms with Gasteiger partial charge in [-0.15, -0.1) is 11.3 Å². The third-order valence-corrected chi connectivity index (χ3v) is 4.94. The van der Waals surface area contributed by atoms with Crippen molar-refractivity contribution < 1.29 is 9.53 Å². The van der Waals surface area contributed by atoms with E-state index in [0.717, 1.165) is 12.2 Å². The molecule has 21 heavy (non-hydrogen) atoms. The lowest BCUT2D eigenvalue weighted by Crippen LogP contribution is -2.39. The van der Waals surface area contributed by atoms with Crippen LogP contribution in [0.3, 0.4) is 0 Å². The summed E-state index contributed by atoms with van der Waals surface area (Å²) >= 11 is 1.37. The molecule has 0 saturated heterocycles. The topological polar surface area (TPSA) is 54.5 Å². The molecule has 1 aliphatic rings. The first-order valence-corrected chi connectivity index (χ1v) is 8.50. The number of rotatable bonds is 7. The van der Waals surface area contributed by atoms with Crippen LogP contribution in [-0.2, 0) is 11.3 Å². The van der Waals surface area contributed by atoms with E-state index in [9.17, 15) is 4.79 Å². The van der Waals surface area contributed by atoms with Gasteiger partial charge in [0.1, 0.15) is 4.88 Å². The van der Waals surface area contributed by atoms with Crippen molar-refractivity contribution in [2.75, 3.05) is 27.2 Å². The van der Waals surface area contributed by atoms with Crippen molar-refractivity contribution in [1.29, 1.82) is 0 Å². The van der Waals surface area contributed by atoms with Gasteiger partial charge in [-0.25, -0.2) is 4.98 Å². The van der Waals surface area contributed by atoms with Gasteiger partial charge in [-0.3, -0.25) is 4.79 Å². The molecule has 0 unspecified atom stereocenters. The summed E-state index contributed by atoms with van der Waals surface area (Å²) in [4.78, 5) is 19.4. The van der Waals surface area contributed by atoms with Gasteiger partial charge in [0.05, 0.1) is 17.8 Å². The molecule has 1 saturated carbocycles. The van der Waals surface area contributed by atoms with Crippen molar-refractivity contribution in [3.05, 3.63) is 16.1 Å². The summed E-state index contributed by atoms with van der Waals surface area (Å²) in [7, 11) is 3.77. The van der Waals surface area contributed by atoms with Crippen LogP contribution >= 0.6 is 11.3 Å². The molecule has 0 bridgehead atoms. The number of methoxy groups -OCH3 is 1. The van der Waals surface area contributed by atoms with Gasteiger partial charge in [-0.05, 0) is 19.9 Å². The number of hydrogen-bond acceptors (Lipinski definition) is 5. The number of ether oxygens (including phenoxy) is 1. The van der Waals surface area contributed by atoms with Gasteiger partial charge in [0, 0.05) is 26.2 Å². The van der Waals surface area contributed by atoms with E-state index in [1.165, 1.54) is 43.4 Å². The van der Waals surface area contributed by atoms with E-state index >= 15 is 0 Å². The standard InChI is InChI=1S/C15H25N3O2S/c1-18(12-6-4-3-5-7-12)9-8-16-15(19)14-13(10-20-2)17-11-21-14/h11-12H,3-10H2,1-2H3,(H,16,19). The van der Waals surface area contributed by atoms with Crippen LogP contribution in [0.15, 0.2) is 5.51 Å². The molecule has 1 aromatic rings. The Morgan fingerprint density at radius 1 is 1.48 bits per heavy atom. The zero-order chi connectivity index (χ0) is 15.1. The van der Waals surface area contributed by atoms with Crippen molar-refractivity contribution in [3.63, 3.8) is 0 Å². The number of amides is 1. The Morgan fingerprint density at radius 3 is 2.95 bits per heavy atom. The molecule has 0 aromatic carbocycles. The number of carbonyl (C=O) groups is 1. The minimum absolute atomic E-state index is 0.0402. The van der Waals surface area contributed by atoms with Gasteiger partial charge in [0.2, 0.25) is 0 Å². The molecule has 5 nitrogen and oxygen atoms in total. The van der Waals surface area contributed by atoms with E-state index in [2.05, 4.69) is 22.2 Å². The molecular weight excluding hydrogens is 286 g/mol. The monoisotopic (exact) mass is 311 g/mol. The normalized spacial score (nSPS) is 16.3. The molecule has 0 atom stereocenters. The first-order chi connectivity index (χ1) is 10.2. The number of likely N-dealkylation sites (N-methyl/N-ethyl adjacent to an activating group) is 1. The van der Waals surface area contributed by atoms with Gasteiger partial charge in [-0.2, -0.15) is 0 Å². The Balaban J connectivity index is 1.74. The number of thiazole rings is 1. The zero-order valence-corrected chi connectivity index (χ0v) is 13.7. The minimum Gasteiger partial charge on any atom is -0.378 e. The fraction of sp³-hybridized carbons (Fsp3) is 0.733. The molecule has 2 rings (SSSR count). The lowest BCUT2D eigenvalue weighted by Gasteiger charge is -2.31. The largest absolute Gasteiger partial charge is 0.378 e. The third-order valence-electron chi connectivity index (χ3n) is 4.08. The maximum absolute atomic E-state index is 12.1. The molecule has 1 amide bonds. The smallest absolute Gasteiger partial charge is 0.263 e. The van der Waals surface area contributed by atoms with Crippen LogP contribution < -0.4 is 5.32 Å². The Hall–Kier alpha value is -0.980. The Labute approximate surface area is 130 Å². The second-order valence-corrected chi connectivity index (χ2v) is 6.44. The molecule has 1 fully saturated rings. The first-order valence-electron chi connectivity index (χ1n) is 7.62. The van der Waals surface area contributed by atoms with E-state index in [-0.39, 0.29) is 5.91 Å². The van der Waals surface area contributed by atoms with Gasteiger partial charge >= 0.3 is 0 Å². The van der Waals surface area contributed by atoms with Gasteiger partial charge in [0.15, 0.2) is 0 Å². The number of aromatic nitrogens is 1. The van der Waals surface area contributed by atoms with E-state index in [1.807, 2.05) is 0 Å². The van der Waals surface area contributed by atoms with Crippen LogP contribution in [0.4, 0.5) is 0 Å². The highest BCUT2D eigenvalue weighted by molar-refractivity contribution is 7.11. The molecule has 0 spiro atoms. The Bertz CT molecular complexity index is 444. The highest BCUT2D eigenvalue weighted by atomic mass is 32.1. The van der Waals surface area contributed by atoms with E-state index < -0.39 is 0 Å². The van der Waals surface area contributed by atoms with Crippen molar-refractivity contribution in [2.24, 2.45) is 0 Å². The van der Waals surface area contributed by atoms with E-state index in [1.54, 1.807) is 12.6 Å². The van der Waals surface area contributed by atoms with Crippen LogP contribution in [0.1, 0.15) is 47.5 Å². The summed E-state index contributed by atoms with van der Waals surface area (Å²) < 4.78 is 5.06. The minimum atomic E-state index is -0.0402.